The van der Waals surface area contributed by atoms with Crippen molar-refractivity contribution in [3.63, 3.8) is 0 Å². The zero-order valence-electron chi connectivity index (χ0n) is 15.7. The second-order valence-electron chi connectivity index (χ2n) is 6.38. The fourth-order valence-corrected chi connectivity index (χ4v) is 4.67. The third-order valence-electron chi connectivity index (χ3n) is 4.16. The molecule has 0 unspecified atom stereocenters. The van der Waals surface area contributed by atoms with E-state index in [4.69, 9.17) is 23.2 Å². The van der Waals surface area contributed by atoms with Crippen LogP contribution in [0.1, 0.15) is 15.9 Å². The SMILES string of the molecule is Cc1ccc(S(=O)(=O)N(C)C)cc1C(=O)Nc1nc(-c2ccc(Cl)cc2Cl)cs1. The molecule has 0 saturated carbocycles. The summed E-state index contributed by atoms with van der Waals surface area (Å²) in [4.78, 5) is 17.2. The van der Waals surface area contributed by atoms with Gasteiger partial charge in [-0.15, -0.1) is 11.3 Å². The summed E-state index contributed by atoms with van der Waals surface area (Å²) in [6, 6.07) is 9.53. The first-order chi connectivity index (χ1) is 13.6. The van der Waals surface area contributed by atoms with Gasteiger partial charge in [0, 0.05) is 35.6 Å². The molecule has 1 amide bonds. The monoisotopic (exact) mass is 469 g/mol. The Balaban J connectivity index is 1.87. The maximum Gasteiger partial charge on any atom is 0.257 e. The number of sulfonamides is 1. The van der Waals surface area contributed by atoms with E-state index in [9.17, 15) is 13.2 Å². The Morgan fingerprint density at radius 2 is 1.86 bits per heavy atom. The lowest BCUT2D eigenvalue weighted by Gasteiger charge is -2.13. The summed E-state index contributed by atoms with van der Waals surface area (Å²) in [6.07, 6.45) is 0. The van der Waals surface area contributed by atoms with Crippen molar-refractivity contribution >= 4 is 55.6 Å². The number of aryl methyl sites for hydroxylation is 1. The first-order valence-electron chi connectivity index (χ1n) is 8.35. The first-order valence-corrected chi connectivity index (χ1v) is 11.4. The summed E-state index contributed by atoms with van der Waals surface area (Å²) in [5.74, 6) is -0.443. The maximum atomic E-state index is 12.7. The van der Waals surface area contributed by atoms with Gasteiger partial charge in [-0.05, 0) is 42.8 Å². The van der Waals surface area contributed by atoms with Crippen molar-refractivity contribution in [3.05, 3.63) is 63.0 Å². The van der Waals surface area contributed by atoms with Crippen LogP contribution in [0.4, 0.5) is 5.13 Å². The van der Waals surface area contributed by atoms with E-state index in [1.54, 1.807) is 36.6 Å². The third kappa shape index (κ3) is 4.62. The molecule has 0 aliphatic carbocycles. The molecule has 0 radical (unpaired) electrons. The summed E-state index contributed by atoms with van der Waals surface area (Å²) in [6.45, 7) is 1.74. The van der Waals surface area contributed by atoms with Gasteiger partial charge in [-0.25, -0.2) is 17.7 Å². The molecule has 2 aromatic carbocycles. The molecule has 0 spiro atoms. The zero-order valence-corrected chi connectivity index (χ0v) is 18.9. The Morgan fingerprint density at radius 1 is 1.14 bits per heavy atom. The van der Waals surface area contributed by atoms with Crippen LogP contribution < -0.4 is 5.32 Å². The molecule has 152 valence electrons. The maximum absolute atomic E-state index is 12.7. The van der Waals surface area contributed by atoms with Crippen molar-refractivity contribution in [1.82, 2.24) is 9.29 Å². The van der Waals surface area contributed by atoms with Crippen LogP contribution in [0.2, 0.25) is 10.0 Å². The first kappa shape index (κ1) is 21.7. The Labute approximate surface area is 183 Å². The van der Waals surface area contributed by atoms with E-state index in [0.717, 1.165) is 4.31 Å². The quantitative estimate of drug-likeness (QED) is 0.574. The van der Waals surface area contributed by atoms with Gasteiger partial charge in [0.1, 0.15) is 0 Å². The number of hydrogen-bond acceptors (Lipinski definition) is 5. The minimum absolute atomic E-state index is 0.0472. The summed E-state index contributed by atoms with van der Waals surface area (Å²) < 4.78 is 25.8. The average molecular weight is 470 g/mol. The molecule has 0 saturated heterocycles. The number of rotatable bonds is 5. The fraction of sp³-hybridized carbons (Fsp3) is 0.158. The summed E-state index contributed by atoms with van der Waals surface area (Å²) in [7, 11) is -0.771. The van der Waals surface area contributed by atoms with Crippen LogP contribution in [0, 0.1) is 6.92 Å². The number of carbonyl (C=O) groups excluding carboxylic acids is 1. The fourth-order valence-electron chi connectivity index (χ4n) is 2.53. The van der Waals surface area contributed by atoms with Gasteiger partial charge < -0.3 is 0 Å². The highest BCUT2D eigenvalue weighted by molar-refractivity contribution is 7.89. The molecule has 1 aromatic heterocycles. The molecule has 29 heavy (non-hydrogen) atoms. The molecule has 3 rings (SSSR count). The van der Waals surface area contributed by atoms with Crippen molar-refractivity contribution in [3.8, 4) is 11.3 Å². The van der Waals surface area contributed by atoms with Crippen LogP contribution in [0.15, 0.2) is 46.7 Å². The van der Waals surface area contributed by atoms with Crippen LogP contribution in [0.3, 0.4) is 0 Å². The Bertz CT molecular complexity index is 1190. The lowest BCUT2D eigenvalue weighted by atomic mass is 10.1. The topological polar surface area (TPSA) is 79.4 Å². The van der Waals surface area contributed by atoms with E-state index in [0.29, 0.717) is 32.0 Å². The summed E-state index contributed by atoms with van der Waals surface area (Å²) in [5.41, 5.74) is 2.21. The Hall–Kier alpha value is -1.97. The number of benzene rings is 2. The van der Waals surface area contributed by atoms with Gasteiger partial charge in [0.05, 0.1) is 15.6 Å². The second-order valence-corrected chi connectivity index (χ2v) is 10.2. The predicted molar refractivity (Wildman–Crippen MR) is 118 cm³/mol. The number of hydrogen-bond donors (Lipinski definition) is 1. The Morgan fingerprint density at radius 3 is 2.52 bits per heavy atom. The number of amides is 1. The molecule has 3 aromatic rings. The minimum atomic E-state index is -3.65. The van der Waals surface area contributed by atoms with Crippen LogP contribution in [0.25, 0.3) is 11.3 Å². The minimum Gasteiger partial charge on any atom is -0.298 e. The molecule has 0 aliphatic heterocycles. The van der Waals surface area contributed by atoms with E-state index in [-0.39, 0.29) is 10.5 Å². The Kier molecular flexibility index (Phi) is 6.30. The molecule has 1 heterocycles. The van der Waals surface area contributed by atoms with Crippen molar-refractivity contribution < 1.29 is 13.2 Å². The number of anilines is 1. The van der Waals surface area contributed by atoms with Crippen molar-refractivity contribution in [2.45, 2.75) is 11.8 Å². The molecule has 0 fully saturated rings. The molecular formula is C19H17Cl2N3O3S2. The van der Waals surface area contributed by atoms with E-state index in [1.807, 2.05) is 0 Å². The average Bonchev–Trinajstić information content (AvgIpc) is 3.09. The van der Waals surface area contributed by atoms with Crippen molar-refractivity contribution in [1.29, 1.82) is 0 Å². The van der Waals surface area contributed by atoms with Gasteiger partial charge >= 0.3 is 0 Å². The largest absolute Gasteiger partial charge is 0.298 e. The van der Waals surface area contributed by atoms with Gasteiger partial charge in [-0.1, -0.05) is 29.3 Å². The molecule has 0 bridgehead atoms. The van der Waals surface area contributed by atoms with Gasteiger partial charge in [-0.3, -0.25) is 10.1 Å². The molecule has 6 nitrogen and oxygen atoms in total. The third-order valence-corrected chi connectivity index (χ3v) is 7.28. The predicted octanol–water partition coefficient (Wildman–Crippen LogP) is 4.93. The number of nitrogens with one attached hydrogen (secondary N) is 1. The zero-order chi connectivity index (χ0) is 21.3. The number of thiazole rings is 1. The highest BCUT2D eigenvalue weighted by Gasteiger charge is 2.21. The number of aromatic nitrogens is 1. The highest BCUT2D eigenvalue weighted by Crippen LogP contribution is 2.32. The van der Waals surface area contributed by atoms with Gasteiger partial charge in [0.15, 0.2) is 5.13 Å². The van der Waals surface area contributed by atoms with Gasteiger partial charge in [-0.2, -0.15) is 0 Å². The van der Waals surface area contributed by atoms with Crippen molar-refractivity contribution in [2.24, 2.45) is 0 Å². The van der Waals surface area contributed by atoms with Crippen molar-refractivity contribution in [2.75, 3.05) is 19.4 Å². The summed E-state index contributed by atoms with van der Waals surface area (Å²) >= 11 is 13.4. The normalized spacial score (nSPS) is 11.7. The molecule has 0 atom stereocenters. The molecule has 10 heteroatoms. The van der Waals surface area contributed by atoms with E-state index in [2.05, 4.69) is 10.3 Å². The second kappa shape index (κ2) is 8.41. The number of carbonyl (C=O) groups is 1. The van der Waals surface area contributed by atoms with E-state index >= 15 is 0 Å². The highest BCUT2D eigenvalue weighted by atomic mass is 35.5. The van der Waals surface area contributed by atoms with Gasteiger partial charge in [0.2, 0.25) is 10.0 Å². The lowest BCUT2D eigenvalue weighted by Crippen LogP contribution is -2.23. The van der Waals surface area contributed by atoms with Crippen LogP contribution in [-0.2, 0) is 10.0 Å². The van der Waals surface area contributed by atoms with Crippen LogP contribution >= 0.6 is 34.5 Å². The molecular weight excluding hydrogens is 453 g/mol. The van der Waals surface area contributed by atoms with E-state index < -0.39 is 15.9 Å². The lowest BCUT2D eigenvalue weighted by molar-refractivity contribution is 0.102. The van der Waals surface area contributed by atoms with Gasteiger partial charge in [0.25, 0.3) is 5.91 Å². The number of nitrogens with zero attached hydrogens (tertiary/aromatic N) is 2. The van der Waals surface area contributed by atoms with Crippen LogP contribution in [0.5, 0.6) is 0 Å². The summed E-state index contributed by atoms with van der Waals surface area (Å²) in [5, 5.41) is 5.83. The molecule has 0 aliphatic rings. The smallest absolute Gasteiger partial charge is 0.257 e. The van der Waals surface area contributed by atoms with Crippen LogP contribution in [-0.4, -0.2) is 37.7 Å². The standard InChI is InChI=1S/C19H17Cl2N3O3S2/c1-11-4-6-13(29(26,27)24(2)3)9-15(11)18(25)23-19-22-17(10-28-19)14-7-5-12(20)8-16(14)21/h4-10H,1-3H3,(H,22,23,25). The number of halogens is 2. The molecule has 1 N–H and O–H groups in total. The van der Waals surface area contributed by atoms with E-state index in [1.165, 1.54) is 37.6 Å².